The second kappa shape index (κ2) is 6.59. The first kappa shape index (κ1) is 14.0. The molecule has 1 amide bonds. The minimum absolute atomic E-state index is 0.202. The Bertz CT molecular complexity index is 440. The van der Waals surface area contributed by atoms with Gasteiger partial charge in [-0.2, -0.15) is 0 Å². The van der Waals surface area contributed by atoms with Crippen LogP contribution in [0, 0.1) is 5.92 Å². The van der Waals surface area contributed by atoms with Crippen LogP contribution in [-0.2, 0) is 9.59 Å². The first-order chi connectivity index (χ1) is 8.50. The van der Waals surface area contributed by atoms with Gasteiger partial charge in [0.15, 0.2) is 0 Å². The lowest BCUT2D eigenvalue weighted by Gasteiger charge is -2.17. The van der Waals surface area contributed by atoms with Gasteiger partial charge in [0.1, 0.15) is 0 Å². The summed E-state index contributed by atoms with van der Waals surface area (Å²) < 4.78 is 0. The summed E-state index contributed by atoms with van der Waals surface area (Å²) in [7, 11) is 1.59. The van der Waals surface area contributed by atoms with Crippen LogP contribution in [0.5, 0.6) is 0 Å². The molecule has 0 saturated carbocycles. The zero-order valence-corrected chi connectivity index (χ0v) is 10.5. The number of carboxylic acid groups (broad SMARTS) is 1. The second-order valence-electron chi connectivity index (χ2n) is 4.20. The summed E-state index contributed by atoms with van der Waals surface area (Å²) in [6, 6.07) is 9.47. The van der Waals surface area contributed by atoms with Gasteiger partial charge in [-0.1, -0.05) is 37.3 Å². The Morgan fingerprint density at radius 2 is 1.94 bits per heavy atom. The van der Waals surface area contributed by atoms with E-state index >= 15 is 0 Å². The van der Waals surface area contributed by atoms with E-state index in [2.05, 4.69) is 0 Å². The van der Waals surface area contributed by atoms with Crippen molar-refractivity contribution in [3.63, 3.8) is 0 Å². The average molecular weight is 247 g/mol. The molecule has 0 saturated heterocycles. The van der Waals surface area contributed by atoms with Gasteiger partial charge in [0, 0.05) is 19.7 Å². The third-order valence-corrected chi connectivity index (χ3v) is 2.56. The number of amides is 1. The molecule has 1 aromatic rings. The molecule has 1 unspecified atom stereocenters. The molecular formula is C14H17NO3. The average Bonchev–Trinajstić information content (AvgIpc) is 2.36. The number of rotatable bonds is 5. The number of benzene rings is 1. The Hall–Kier alpha value is -2.10. The molecule has 4 heteroatoms. The Labute approximate surface area is 107 Å². The monoisotopic (exact) mass is 247 g/mol. The molecule has 1 aromatic carbocycles. The molecule has 1 atom stereocenters. The molecule has 0 fully saturated rings. The van der Waals surface area contributed by atoms with E-state index in [1.165, 1.54) is 11.0 Å². The van der Waals surface area contributed by atoms with Crippen LogP contribution in [0.1, 0.15) is 12.5 Å². The summed E-state index contributed by atoms with van der Waals surface area (Å²) in [5, 5.41) is 8.76. The third kappa shape index (κ3) is 4.41. The lowest BCUT2D eigenvalue weighted by molar-refractivity contribution is -0.142. The van der Waals surface area contributed by atoms with Crippen molar-refractivity contribution < 1.29 is 14.7 Å². The van der Waals surface area contributed by atoms with Crippen molar-refractivity contribution >= 4 is 18.0 Å². The van der Waals surface area contributed by atoms with Crippen LogP contribution < -0.4 is 0 Å². The number of nitrogens with zero attached hydrogens (tertiary/aromatic N) is 1. The molecule has 0 aliphatic rings. The standard InChI is InChI=1S/C14H17NO3/c1-11(14(17)18)10-15(2)13(16)9-8-12-6-4-3-5-7-12/h3-9,11H,10H2,1-2H3,(H,17,18)/b9-8+. The molecular weight excluding hydrogens is 230 g/mol. The molecule has 4 nitrogen and oxygen atoms in total. The Morgan fingerprint density at radius 3 is 2.50 bits per heavy atom. The van der Waals surface area contributed by atoms with E-state index < -0.39 is 11.9 Å². The van der Waals surface area contributed by atoms with E-state index in [0.717, 1.165) is 5.56 Å². The molecule has 0 bridgehead atoms. The molecule has 0 aliphatic heterocycles. The lowest BCUT2D eigenvalue weighted by atomic mass is 10.1. The number of aliphatic carboxylic acids is 1. The smallest absolute Gasteiger partial charge is 0.308 e. The fourth-order valence-corrected chi connectivity index (χ4v) is 1.44. The predicted octanol–water partition coefficient (Wildman–Crippen LogP) is 1.88. The Morgan fingerprint density at radius 1 is 1.33 bits per heavy atom. The van der Waals surface area contributed by atoms with Crippen LogP contribution >= 0.6 is 0 Å². The largest absolute Gasteiger partial charge is 0.481 e. The summed E-state index contributed by atoms with van der Waals surface area (Å²) in [4.78, 5) is 23.8. The third-order valence-electron chi connectivity index (χ3n) is 2.56. The van der Waals surface area contributed by atoms with E-state index in [0.29, 0.717) is 0 Å². The number of carbonyl (C=O) groups excluding carboxylic acids is 1. The van der Waals surface area contributed by atoms with E-state index in [1.807, 2.05) is 30.3 Å². The topological polar surface area (TPSA) is 57.6 Å². The van der Waals surface area contributed by atoms with Crippen LogP contribution in [-0.4, -0.2) is 35.5 Å². The first-order valence-electron chi connectivity index (χ1n) is 5.71. The highest BCUT2D eigenvalue weighted by Crippen LogP contribution is 2.03. The van der Waals surface area contributed by atoms with Gasteiger partial charge < -0.3 is 10.0 Å². The van der Waals surface area contributed by atoms with Gasteiger partial charge in [0.25, 0.3) is 0 Å². The molecule has 0 radical (unpaired) electrons. The molecule has 0 aromatic heterocycles. The zero-order chi connectivity index (χ0) is 13.5. The van der Waals surface area contributed by atoms with E-state index in [1.54, 1.807) is 20.0 Å². The molecule has 1 rings (SSSR count). The fraction of sp³-hybridized carbons (Fsp3) is 0.286. The molecule has 0 heterocycles. The summed E-state index contributed by atoms with van der Waals surface area (Å²) in [6.07, 6.45) is 3.16. The minimum Gasteiger partial charge on any atom is -0.481 e. The minimum atomic E-state index is -0.901. The van der Waals surface area contributed by atoms with Crippen LogP contribution in [0.3, 0.4) is 0 Å². The van der Waals surface area contributed by atoms with Crippen LogP contribution in [0.4, 0.5) is 0 Å². The van der Waals surface area contributed by atoms with Crippen LogP contribution in [0.15, 0.2) is 36.4 Å². The van der Waals surface area contributed by atoms with Gasteiger partial charge in [-0.15, -0.1) is 0 Å². The summed E-state index contributed by atoms with van der Waals surface area (Å²) in [6.45, 7) is 1.78. The van der Waals surface area contributed by atoms with Crippen LogP contribution in [0.25, 0.3) is 6.08 Å². The number of carbonyl (C=O) groups is 2. The van der Waals surface area contributed by atoms with Crippen molar-refractivity contribution in [2.24, 2.45) is 5.92 Å². The molecule has 96 valence electrons. The van der Waals surface area contributed by atoms with Gasteiger partial charge in [0.05, 0.1) is 5.92 Å². The number of likely N-dealkylation sites (N-methyl/N-ethyl adjacent to an activating group) is 1. The van der Waals surface area contributed by atoms with Crippen molar-refractivity contribution in [3.05, 3.63) is 42.0 Å². The highest BCUT2D eigenvalue weighted by Gasteiger charge is 2.15. The quantitative estimate of drug-likeness (QED) is 0.808. The Kier molecular flexibility index (Phi) is 5.11. The van der Waals surface area contributed by atoms with Crippen molar-refractivity contribution in [2.75, 3.05) is 13.6 Å². The Balaban J connectivity index is 2.55. The maximum Gasteiger partial charge on any atom is 0.308 e. The number of hydrogen-bond acceptors (Lipinski definition) is 2. The van der Waals surface area contributed by atoms with Crippen molar-refractivity contribution in [2.45, 2.75) is 6.92 Å². The van der Waals surface area contributed by atoms with Crippen molar-refractivity contribution in [1.29, 1.82) is 0 Å². The van der Waals surface area contributed by atoms with E-state index in [-0.39, 0.29) is 12.5 Å². The second-order valence-corrected chi connectivity index (χ2v) is 4.20. The molecule has 0 spiro atoms. The van der Waals surface area contributed by atoms with Gasteiger partial charge >= 0.3 is 5.97 Å². The predicted molar refractivity (Wildman–Crippen MR) is 69.9 cm³/mol. The van der Waals surface area contributed by atoms with Crippen LogP contribution in [0.2, 0.25) is 0 Å². The van der Waals surface area contributed by atoms with Crippen molar-refractivity contribution in [1.82, 2.24) is 4.90 Å². The number of hydrogen-bond donors (Lipinski definition) is 1. The van der Waals surface area contributed by atoms with Gasteiger partial charge in [-0.05, 0) is 11.6 Å². The number of carboxylic acids is 1. The summed E-state index contributed by atoms with van der Waals surface area (Å²) >= 11 is 0. The maximum atomic E-state index is 11.7. The summed E-state index contributed by atoms with van der Waals surface area (Å²) in [5.41, 5.74) is 0.936. The van der Waals surface area contributed by atoms with Crippen molar-refractivity contribution in [3.8, 4) is 0 Å². The fourth-order valence-electron chi connectivity index (χ4n) is 1.44. The van der Waals surface area contributed by atoms with Gasteiger partial charge in [0.2, 0.25) is 5.91 Å². The van der Waals surface area contributed by atoms with Gasteiger partial charge in [-0.25, -0.2) is 0 Å². The van der Waals surface area contributed by atoms with E-state index in [4.69, 9.17) is 5.11 Å². The molecule has 18 heavy (non-hydrogen) atoms. The molecule has 1 N–H and O–H groups in total. The first-order valence-corrected chi connectivity index (χ1v) is 5.71. The van der Waals surface area contributed by atoms with Gasteiger partial charge in [-0.3, -0.25) is 9.59 Å². The highest BCUT2D eigenvalue weighted by atomic mass is 16.4. The maximum absolute atomic E-state index is 11.7. The lowest BCUT2D eigenvalue weighted by Crippen LogP contribution is -2.32. The highest BCUT2D eigenvalue weighted by molar-refractivity contribution is 5.91. The zero-order valence-electron chi connectivity index (χ0n) is 10.5. The van der Waals surface area contributed by atoms with E-state index in [9.17, 15) is 9.59 Å². The normalized spacial score (nSPS) is 12.3. The summed E-state index contributed by atoms with van der Waals surface area (Å²) in [5.74, 6) is -1.67. The SMILES string of the molecule is CC(CN(C)C(=O)/C=C/c1ccccc1)C(=O)O. The molecule has 0 aliphatic carbocycles.